The zero-order chi connectivity index (χ0) is 13.1. The Kier molecular flexibility index (Phi) is 4.12. The summed E-state index contributed by atoms with van der Waals surface area (Å²) in [4.78, 5) is 12.1. The van der Waals surface area contributed by atoms with Gasteiger partial charge in [-0.05, 0) is 37.8 Å². The van der Waals surface area contributed by atoms with Crippen molar-refractivity contribution >= 4 is 17.5 Å². The lowest BCUT2D eigenvalue weighted by molar-refractivity contribution is 0.0927. The van der Waals surface area contributed by atoms with Crippen LogP contribution in [0.1, 0.15) is 35.2 Å². The lowest BCUT2D eigenvalue weighted by Crippen LogP contribution is -2.38. The molecule has 2 unspecified atom stereocenters. The van der Waals surface area contributed by atoms with Gasteiger partial charge in [-0.15, -0.1) is 11.6 Å². The molecule has 0 spiro atoms. The van der Waals surface area contributed by atoms with Crippen molar-refractivity contribution in [3.63, 3.8) is 0 Å². The summed E-state index contributed by atoms with van der Waals surface area (Å²) in [7, 11) is 0. The summed E-state index contributed by atoms with van der Waals surface area (Å²) in [6, 6.07) is 5.17. The molecule has 1 amide bonds. The van der Waals surface area contributed by atoms with Gasteiger partial charge in [-0.25, -0.2) is 0 Å². The highest BCUT2D eigenvalue weighted by Gasteiger charge is 2.28. The number of nitrogens with one attached hydrogen (secondary N) is 1. The largest absolute Gasteiger partial charge is 0.507 e. The molecule has 2 atom stereocenters. The van der Waals surface area contributed by atoms with Gasteiger partial charge < -0.3 is 10.4 Å². The van der Waals surface area contributed by atoms with Gasteiger partial charge in [-0.1, -0.05) is 18.1 Å². The van der Waals surface area contributed by atoms with Crippen LogP contribution in [0.3, 0.4) is 0 Å². The Morgan fingerprint density at radius 1 is 1.50 bits per heavy atom. The average Bonchev–Trinajstić information content (AvgIpc) is 2.79. The Balaban J connectivity index is 2.09. The minimum Gasteiger partial charge on any atom is -0.507 e. The predicted octanol–water partition coefficient (Wildman–Crippen LogP) is 2.84. The first-order valence-electron chi connectivity index (χ1n) is 6.28. The van der Waals surface area contributed by atoms with Crippen LogP contribution in [0.15, 0.2) is 18.2 Å². The van der Waals surface area contributed by atoms with Crippen molar-refractivity contribution in [1.29, 1.82) is 0 Å². The Labute approximate surface area is 112 Å². The summed E-state index contributed by atoms with van der Waals surface area (Å²) in [6.45, 7) is 1.90. The molecule has 1 aliphatic rings. The fourth-order valence-corrected chi connectivity index (χ4v) is 2.86. The summed E-state index contributed by atoms with van der Waals surface area (Å²) < 4.78 is 0. The number of benzene rings is 1. The van der Waals surface area contributed by atoms with E-state index in [1.807, 2.05) is 6.92 Å². The second-order valence-corrected chi connectivity index (χ2v) is 5.25. The molecule has 4 heteroatoms. The number of aromatic hydroxyl groups is 1. The molecule has 0 aromatic heterocycles. The van der Waals surface area contributed by atoms with Gasteiger partial charge in [0.25, 0.3) is 5.91 Å². The van der Waals surface area contributed by atoms with Gasteiger partial charge in [0.1, 0.15) is 5.75 Å². The molecule has 1 fully saturated rings. The van der Waals surface area contributed by atoms with Crippen LogP contribution < -0.4 is 5.32 Å². The number of hydrogen-bond acceptors (Lipinski definition) is 2. The van der Waals surface area contributed by atoms with E-state index in [4.69, 9.17) is 11.6 Å². The van der Waals surface area contributed by atoms with Gasteiger partial charge in [-0.3, -0.25) is 4.79 Å². The van der Waals surface area contributed by atoms with Crippen LogP contribution >= 0.6 is 11.6 Å². The molecular weight excluding hydrogens is 250 g/mol. The lowest BCUT2D eigenvalue weighted by atomic mass is 10.0. The van der Waals surface area contributed by atoms with E-state index < -0.39 is 0 Å². The van der Waals surface area contributed by atoms with E-state index in [1.54, 1.807) is 18.2 Å². The Hall–Kier alpha value is -1.22. The van der Waals surface area contributed by atoms with Crippen molar-refractivity contribution in [3.05, 3.63) is 29.3 Å². The number of hydrogen-bond donors (Lipinski definition) is 2. The van der Waals surface area contributed by atoms with E-state index in [-0.39, 0.29) is 17.7 Å². The second-order valence-electron chi connectivity index (χ2n) is 4.95. The summed E-state index contributed by atoms with van der Waals surface area (Å²) in [6.07, 6.45) is 3.13. The third-order valence-electron chi connectivity index (χ3n) is 3.57. The summed E-state index contributed by atoms with van der Waals surface area (Å²) in [5.74, 6) is 0.740. The van der Waals surface area contributed by atoms with Crippen LogP contribution in [-0.4, -0.2) is 22.9 Å². The Morgan fingerprint density at radius 3 is 3.00 bits per heavy atom. The molecular formula is C14H18ClNO2. The molecule has 0 aliphatic heterocycles. The van der Waals surface area contributed by atoms with Crippen molar-refractivity contribution in [3.8, 4) is 5.75 Å². The zero-order valence-corrected chi connectivity index (χ0v) is 11.2. The zero-order valence-electron chi connectivity index (χ0n) is 10.4. The number of alkyl halides is 1. The number of aryl methyl sites for hydroxylation is 1. The maximum absolute atomic E-state index is 12.1. The molecule has 3 nitrogen and oxygen atoms in total. The van der Waals surface area contributed by atoms with Crippen molar-refractivity contribution in [2.75, 3.05) is 5.88 Å². The van der Waals surface area contributed by atoms with Gasteiger partial charge in [0.15, 0.2) is 0 Å². The van der Waals surface area contributed by atoms with Crippen LogP contribution in [0.25, 0.3) is 0 Å². The quantitative estimate of drug-likeness (QED) is 0.828. The molecule has 0 heterocycles. The SMILES string of the molecule is Cc1ccc(O)c(C(=O)NC2CCCC2CCl)c1. The topological polar surface area (TPSA) is 49.3 Å². The smallest absolute Gasteiger partial charge is 0.255 e. The molecule has 2 N–H and O–H groups in total. The molecule has 98 valence electrons. The molecule has 2 rings (SSSR count). The number of phenols is 1. The fourth-order valence-electron chi connectivity index (χ4n) is 2.49. The first-order valence-corrected chi connectivity index (χ1v) is 6.81. The molecule has 0 saturated heterocycles. The highest BCUT2D eigenvalue weighted by Crippen LogP contribution is 2.27. The van der Waals surface area contributed by atoms with Gasteiger partial charge in [0, 0.05) is 11.9 Å². The molecule has 18 heavy (non-hydrogen) atoms. The number of carbonyl (C=O) groups excluding carboxylic acids is 1. The molecule has 1 aliphatic carbocycles. The first-order chi connectivity index (χ1) is 8.61. The minimum atomic E-state index is -0.210. The number of carbonyl (C=O) groups is 1. The predicted molar refractivity (Wildman–Crippen MR) is 72.2 cm³/mol. The average molecular weight is 268 g/mol. The molecule has 0 radical (unpaired) electrons. The highest BCUT2D eigenvalue weighted by molar-refractivity contribution is 6.18. The van der Waals surface area contributed by atoms with Crippen LogP contribution in [0.2, 0.25) is 0 Å². The molecule has 1 saturated carbocycles. The van der Waals surface area contributed by atoms with E-state index in [2.05, 4.69) is 5.32 Å². The first kappa shape index (κ1) is 13.2. The Bertz CT molecular complexity index is 447. The standard InChI is InChI=1S/C14H18ClNO2/c1-9-5-6-13(17)11(7-9)14(18)16-12-4-2-3-10(12)8-15/h5-7,10,12,17H,2-4,8H2,1H3,(H,16,18). The Morgan fingerprint density at radius 2 is 2.28 bits per heavy atom. The van der Waals surface area contributed by atoms with Gasteiger partial charge in [-0.2, -0.15) is 0 Å². The highest BCUT2D eigenvalue weighted by atomic mass is 35.5. The van der Waals surface area contributed by atoms with E-state index in [1.165, 1.54) is 0 Å². The number of amides is 1. The monoisotopic (exact) mass is 267 g/mol. The lowest BCUT2D eigenvalue weighted by Gasteiger charge is -2.19. The maximum Gasteiger partial charge on any atom is 0.255 e. The number of halogens is 1. The van der Waals surface area contributed by atoms with Gasteiger partial charge >= 0.3 is 0 Å². The van der Waals surface area contributed by atoms with Crippen molar-refractivity contribution < 1.29 is 9.90 Å². The van der Waals surface area contributed by atoms with Crippen LogP contribution in [0.5, 0.6) is 5.75 Å². The normalized spacial score (nSPS) is 23.0. The fraction of sp³-hybridized carbons (Fsp3) is 0.500. The van der Waals surface area contributed by atoms with E-state index in [9.17, 15) is 9.90 Å². The molecule has 1 aromatic rings. The summed E-state index contributed by atoms with van der Waals surface area (Å²) >= 11 is 5.89. The molecule has 0 bridgehead atoms. The van der Waals surface area contributed by atoms with Gasteiger partial charge in [0.2, 0.25) is 0 Å². The van der Waals surface area contributed by atoms with E-state index >= 15 is 0 Å². The van der Waals surface area contributed by atoms with Crippen molar-refractivity contribution in [2.45, 2.75) is 32.2 Å². The third-order valence-corrected chi connectivity index (χ3v) is 3.97. The second kappa shape index (κ2) is 5.61. The summed E-state index contributed by atoms with van der Waals surface area (Å²) in [5, 5.41) is 12.7. The van der Waals surface area contributed by atoms with Crippen LogP contribution in [0, 0.1) is 12.8 Å². The van der Waals surface area contributed by atoms with E-state index in [0.29, 0.717) is 17.4 Å². The van der Waals surface area contributed by atoms with Crippen LogP contribution in [-0.2, 0) is 0 Å². The van der Waals surface area contributed by atoms with Gasteiger partial charge in [0.05, 0.1) is 5.56 Å². The third kappa shape index (κ3) is 2.78. The van der Waals surface area contributed by atoms with E-state index in [0.717, 1.165) is 24.8 Å². The van der Waals surface area contributed by atoms with Crippen molar-refractivity contribution in [2.24, 2.45) is 5.92 Å². The number of phenolic OH excluding ortho intramolecular Hbond substituents is 1. The summed E-state index contributed by atoms with van der Waals surface area (Å²) in [5.41, 5.74) is 1.30. The number of rotatable bonds is 3. The van der Waals surface area contributed by atoms with Crippen LogP contribution in [0.4, 0.5) is 0 Å². The maximum atomic E-state index is 12.1. The van der Waals surface area contributed by atoms with Crippen molar-refractivity contribution in [1.82, 2.24) is 5.32 Å². The molecule has 1 aromatic carbocycles. The minimum absolute atomic E-state index is 0.0264.